The van der Waals surface area contributed by atoms with E-state index in [1.165, 1.54) is 0 Å². The third-order valence-corrected chi connectivity index (χ3v) is 0.866. The fourth-order valence-corrected chi connectivity index (χ4v) is 0.306. The highest BCUT2D eigenvalue weighted by Gasteiger charge is 1.71. The van der Waals surface area contributed by atoms with Gasteiger partial charge in [-0.15, -0.1) is 0 Å². The zero-order chi connectivity index (χ0) is 4.12. The summed E-state index contributed by atoms with van der Waals surface area (Å²) < 4.78 is 0. The lowest BCUT2D eigenvalue weighted by Gasteiger charge is -1.80. The van der Waals surface area contributed by atoms with Gasteiger partial charge in [-0.05, 0) is 0 Å². The first-order chi connectivity index (χ1) is 2.41. The Morgan fingerprint density at radius 1 is 1.80 bits per heavy atom. The quantitative estimate of drug-likeness (QED) is 0.463. The molecule has 0 amide bonds. The molecule has 0 aromatic carbocycles. The summed E-state index contributed by atoms with van der Waals surface area (Å²) >= 11 is 1.59. The molecule has 0 atom stereocenters. The second kappa shape index (κ2) is 4.22. The van der Waals surface area contributed by atoms with Crippen molar-refractivity contribution in [2.24, 2.45) is 0 Å². The Morgan fingerprint density at radius 2 is 2.40 bits per heavy atom. The molecule has 0 bridgehead atoms. The Balaban J connectivity index is 2.19. The van der Waals surface area contributed by atoms with Gasteiger partial charge in [0.25, 0.3) is 0 Å². The van der Waals surface area contributed by atoms with E-state index in [4.69, 9.17) is 0 Å². The highest BCUT2D eigenvalue weighted by molar-refractivity contribution is 8.00. The molecule has 0 aliphatic rings. The standard InChI is InChI=1S/C4H8S/c1-3-4-5-2/h1-4H2. The summed E-state index contributed by atoms with van der Waals surface area (Å²) in [4.78, 5) is 0. The highest BCUT2D eigenvalue weighted by atomic mass is 32.2. The monoisotopic (exact) mass is 88.0 g/mol. The summed E-state index contributed by atoms with van der Waals surface area (Å²) in [5.41, 5.74) is 0. The molecule has 0 nitrogen and oxygen atoms in total. The molecule has 0 radical (unpaired) electrons. The Kier molecular flexibility index (Phi) is 4.41. The Labute approximate surface area is 38.0 Å². The number of thioether (sulfide) groups is 1. The zero-order valence-corrected chi connectivity index (χ0v) is 4.05. The predicted octanol–water partition coefficient (Wildman–Crippen LogP) is 1.74. The lowest BCUT2D eigenvalue weighted by atomic mass is 10.6. The first-order valence-electron chi connectivity index (χ1n) is 1.58. The van der Waals surface area contributed by atoms with E-state index in [1.807, 2.05) is 0 Å². The molecule has 0 fully saturated rings. The SMILES string of the molecule is [CH2+]SCC[CH2-]. The van der Waals surface area contributed by atoms with Gasteiger partial charge in [0.15, 0.2) is 0 Å². The molecule has 0 saturated carbocycles. The van der Waals surface area contributed by atoms with Crippen molar-refractivity contribution in [3.63, 3.8) is 0 Å². The number of hydrogen-bond acceptors (Lipinski definition) is 1. The Hall–Kier alpha value is 0.220. The molecular weight excluding hydrogens is 80.1 g/mol. The van der Waals surface area contributed by atoms with E-state index >= 15 is 0 Å². The first-order valence-corrected chi connectivity index (χ1v) is 2.73. The maximum atomic E-state index is 3.61. The van der Waals surface area contributed by atoms with Gasteiger partial charge in [0.1, 0.15) is 6.26 Å². The molecule has 5 heavy (non-hydrogen) atoms. The van der Waals surface area contributed by atoms with Crippen LogP contribution >= 0.6 is 11.8 Å². The van der Waals surface area contributed by atoms with Crippen LogP contribution < -0.4 is 0 Å². The van der Waals surface area contributed by atoms with Gasteiger partial charge in [-0.25, -0.2) is 0 Å². The zero-order valence-electron chi connectivity index (χ0n) is 3.24. The van der Waals surface area contributed by atoms with Crippen molar-refractivity contribution in [2.75, 3.05) is 5.75 Å². The molecule has 0 spiro atoms. The van der Waals surface area contributed by atoms with Crippen LogP contribution in [0.15, 0.2) is 0 Å². The van der Waals surface area contributed by atoms with Crippen molar-refractivity contribution < 1.29 is 0 Å². The van der Waals surface area contributed by atoms with Crippen molar-refractivity contribution in [3.8, 4) is 0 Å². The summed E-state index contributed by atoms with van der Waals surface area (Å²) in [6, 6.07) is 0. The number of rotatable bonds is 2. The van der Waals surface area contributed by atoms with Gasteiger partial charge in [0.05, 0.1) is 11.8 Å². The van der Waals surface area contributed by atoms with Crippen molar-refractivity contribution in [1.82, 2.24) is 0 Å². The van der Waals surface area contributed by atoms with Crippen LogP contribution in [0.25, 0.3) is 0 Å². The average Bonchev–Trinajstić information content (AvgIpc) is 1.41. The van der Waals surface area contributed by atoms with Gasteiger partial charge in [-0.3, -0.25) is 0 Å². The fraction of sp³-hybridized carbons (Fsp3) is 0.500. The number of hydrogen-bond donors (Lipinski definition) is 0. The van der Waals surface area contributed by atoms with Crippen molar-refractivity contribution >= 4 is 11.8 Å². The van der Waals surface area contributed by atoms with Gasteiger partial charge in [0, 0.05) is 5.75 Å². The normalized spacial score (nSPS) is 8.20. The van der Waals surface area contributed by atoms with Crippen molar-refractivity contribution in [3.05, 3.63) is 13.2 Å². The molecule has 0 unspecified atom stereocenters. The minimum Gasteiger partial charge on any atom is -0.342 e. The van der Waals surface area contributed by atoms with Crippen LogP contribution in [0.3, 0.4) is 0 Å². The van der Waals surface area contributed by atoms with Gasteiger partial charge in [0.2, 0.25) is 0 Å². The second-order valence-electron chi connectivity index (χ2n) is 0.762. The van der Waals surface area contributed by atoms with E-state index in [1.54, 1.807) is 11.8 Å². The van der Waals surface area contributed by atoms with Gasteiger partial charge < -0.3 is 6.92 Å². The van der Waals surface area contributed by atoms with Crippen LogP contribution in [0.4, 0.5) is 0 Å². The average molecular weight is 88.2 g/mol. The molecule has 0 saturated heterocycles. The van der Waals surface area contributed by atoms with Crippen LogP contribution in [-0.4, -0.2) is 5.75 Å². The van der Waals surface area contributed by atoms with Gasteiger partial charge >= 0.3 is 0 Å². The molecule has 0 aliphatic heterocycles. The molecule has 0 aromatic rings. The fourth-order valence-electron chi connectivity index (χ4n) is 0.102. The van der Waals surface area contributed by atoms with E-state index in [2.05, 4.69) is 13.2 Å². The van der Waals surface area contributed by atoms with Gasteiger partial charge in [-0.2, -0.15) is 6.42 Å². The lowest BCUT2D eigenvalue weighted by Crippen LogP contribution is -1.63. The van der Waals surface area contributed by atoms with Crippen LogP contribution in [0.5, 0.6) is 0 Å². The molecule has 30 valence electrons. The van der Waals surface area contributed by atoms with E-state index in [0.29, 0.717) is 0 Å². The molecule has 0 rings (SSSR count). The van der Waals surface area contributed by atoms with Crippen molar-refractivity contribution in [2.45, 2.75) is 6.42 Å². The molecule has 1 heteroatoms. The van der Waals surface area contributed by atoms with Crippen LogP contribution in [-0.2, 0) is 0 Å². The third kappa shape index (κ3) is 4.22. The molecular formula is C4H8S. The minimum atomic E-state index is 0.994. The maximum Gasteiger partial charge on any atom is 0.128 e. The van der Waals surface area contributed by atoms with E-state index < -0.39 is 0 Å². The summed E-state index contributed by atoms with van der Waals surface area (Å²) in [7, 11) is 0. The third-order valence-electron chi connectivity index (χ3n) is 0.289. The van der Waals surface area contributed by atoms with Gasteiger partial charge in [-0.1, -0.05) is 0 Å². The van der Waals surface area contributed by atoms with Crippen LogP contribution in [0.2, 0.25) is 0 Å². The Bertz CT molecular complexity index is 11.1. The smallest absolute Gasteiger partial charge is 0.128 e. The predicted molar refractivity (Wildman–Crippen MR) is 27.8 cm³/mol. The van der Waals surface area contributed by atoms with E-state index in [-0.39, 0.29) is 0 Å². The summed E-state index contributed by atoms with van der Waals surface area (Å²) in [6.07, 6.45) is 4.55. The molecule has 0 N–H and O–H groups in total. The van der Waals surface area contributed by atoms with E-state index in [0.717, 1.165) is 12.2 Å². The summed E-state index contributed by atoms with van der Waals surface area (Å²) in [5, 5.41) is 0. The molecule has 0 aromatic heterocycles. The van der Waals surface area contributed by atoms with Crippen LogP contribution in [0, 0.1) is 13.2 Å². The topological polar surface area (TPSA) is 0 Å². The summed E-state index contributed by atoms with van der Waals surface area (Å²) in [5.74, 6) is 1.08. The minimum absolute atomic E-state index is 0.994. The summed E-state index contributed by atoms with van der Waals surface area (Å²) in [6.45, 7) is 3.61. The van der Waals surface area contributed by atoms with E-state index in [9.17, 15) is 0 Å². The first kappa shape index (κ1) is 5.22. The molecule has 0 aliphatic carbocycles. The largest absolute Gasteiger partial charge is 0.342 e. The molecule has 0 heterocycles. The Morgan fingerprint density at radius 3 is 2.40 bits per heavy atom. The van der Waals surface area contributed by atoms with Crippen molar-refractivity contribution in [1.29, 1.82) is 0 Å². The highest BCUT2D eigenvalue weighted by Crippen LogP contribution is 1.94. The van der Waals surface area contributed by atoms with Crippen LogP contribution in [0.1, 0.15) is 6.42 Å². The maximum absolute atomic E-state index is 3.61. The lowest BCUT2D eigenvalue weighted by molar-refractivity contribution is 1.25. The second-order valence-corrected chi connectivity index (χ2v) is 1.58.